The second kappa shape index (κ2) is 8.51. The summed E-state index contributed by atoms with van der Waals surface area (Å²) in [6.45, 7) is 7.00. The number of likely N-dealkylation sites (tertiary alicyclic amines) is 1. The Balaban J connectivity index is 2.32. The van der Waals surface area contributed by atoms with Crippen LogP contribution in [0.3, 0.4) is 0 Å². The smallest absolute Gasteiger partial charge is 0.234 e. The summed E-state index contributed by atoms with van der Waals surface area (Å²) >= 11 is 0. The van der Waals surface area contributed by atoms with Crippen molar-refractivity contribution in [2.45, 2.75) is 45.3 Å². The molecular weight excluding hydrogens is 242 g/mol. The summed E-state index contributed by atoms with van der Waals surface area (Å²) in [6.07, 6.45) is 3.21. The van der Waals surface area contributed by atoms with Crippen LogP contribution in [-0.2, 0) is 9.53 Å². The van der Waals surface area contributed by atoms with E-state index in [0.717, 1.165) is 32.4 Å². The Kier molecular flexibility index (Phi) is 7.34. The number of carbonyl (C=O) groups is 1. The number of carbonyl (C=O) groups excluding carboxylic acids is 1. The molecule has 1 saturated heterocycles. The number of hydrogen-bond donors (Lipinski definition) is 2. The highest BCUT2D eigenvalue weighted by Crippen LogP contribution is 2.18. The first kappa shape index (κ1) is 16.4. The van der Waals surface area contributed by atoms with Crippen LogP contribution in [-0.4, -0.2) is 56.2 Å². The summed E-state index contributed by atoms with van der Waals surface area (Å²) in [6, 6.07) is 0.259. The van der Waals surface area contributed by atoms with Gasteiger partial charge >= 0.3 is 0 Å². The van der Waals surface area contributed by atoms with Gasteiger partial charge in [0.1, 0.15) is 0 Å². The molecule has 1 aliphatic rings. The molecule has 0 aliphatic carbocycles. The van der Waals surface area contributed by atoms with Gasteiger partial charge in [0.05, 0.1) is 12.6 Å². The predicted molar refractivity (Wildman–Crippen MR) is 76.9 cm³/mol. The molecule has 19 heavy (non-hydrogen) atoms. The molecule has 112 valence electrons. The average molecular weight is 271 g/mol. The van der Waals surface area contributed by atoms with E-state index in [1.165, 1.54) is 0 Å². The Labute approximate surface area is 116 Å². The van der Waals surface area contributed by atoms with Crippen molar-refractivity contribution in [2.24, 2.45) is 11.7 Å². The highest BCUT2D eigenvalue weighted by molar-refractivity contribution is 5.78. The van der Waals surface area contributed by atoms with E-state index in [4.69, 9.17) is 10.5 Å². The van der Waals surface area contributed by atoms with Gasteiger partial charge in [0.2, 0.25) is 5.91 Å². The summed E-state index contributed by atoms with van der Waals surface area (Å²) in [5.74, 6) is 0.726. The first-order chi connectivity index (χ1) is 9.06. The summed E-state index contributed by atoms with van der Waals surface area (Å²) in [4.78, 5) is 14.1. The number of piperidine rings is 1. The van der Waals surface area contributed by atoms with Crippen molar-refractivity contribution in [2.75, 3.05) is 33.3 Å². The van der Waals surface area contributed by atoms with E-state index in [0.29, 0.717) is 19.0 Å². The van der Waals surface area contributed by atoms with Crippen molar-refractivity contribution >= 4 is 5.91 Å². The van der Waals surface area contributed by atoms with Crippen LogP contribution < -0.4 is 11.1 Å². The summed E-state index contributed by atoms with van der Waals surface area (Å²) in [7, 11) is 1.74. The van der Waals surface area contributed by atoms with Gasteiger partial charge in [-0.3, -0.25) is 9.69 Å². The molecule has 0 aromatic rings. The largest absolute Gasteiger partial charge is 0.381 e. The van der Waals surface area contributed by atoms with Gasteiger partial charge in [0.15, 0.2) is 0 Å². The molecule has 0 bridgehead atoms. The number of amides is 1. The molecular formula is C14H29N3O2. The van der Waals surface area contributed by atoms with Crippen molar-refractivity contribution in [3.8, 4) is 0 Å². The van der Waals surface area contributed by atoms with E-state index < -0.39 is 0 Å². The van der Waals surface area contributed by atoms with Crippen LogP contribution in [0.5, 0.6) is 0 Å². The van der Waals surface area contributed by atoms with Gasteiger partial charge in [0, 0.05) is 32.8 Å². The zero-order valence-electron chi connectivity index (χ0n) is 12.5. The van der Waals surface area contributed by atoms with Crippen LogP contribution in [0.2, 0.25) is 0 Å². The van der Waals surface area contributed by atoms with Crippen LogP contribution in [0.15, 0.2) is 0 Å². The molecule has 0 saturated carbocycles. The minimum absolute atomic E-state index is 0.106. The standard InChI is InChI=1S/C14H29N3O2/c1-11(2)4-6-16-14(18)10-17-7-5-13(19-3)8-12(17)9-15/h11-13H,4-10,15H2,1-3H3,(H,16,18). The van der Waals surface area contributed by atoms with Crippen molar-refractivity contribution in [3.05, 3.63) is 0 Å². The number of hydrogen-bond acceptors (Lipinski definition) is 4. The molecule has 1 amide bonds. The van der Waals surface area contributed by atoms with Gasteiger partial charge in [-0.1, -0.05) is 13.8 Å². The minimum Gasteiger partial charge on any atom is -0.381 e. The Morgan fingerprint density at radius 2 is 2.26 bits per heavy atom. The minimum atomic E-state index is 0.106. The van der Waals surface area contributed by atoms with E-state index in [1.54, 1.807) is 7.11 Å². The molecule has 1 fully saturated rings. The maximum atomic E-state index is 11.9. The van der Waals surface area contributed by atoms with Gasteiger partial charge in [-0.2, -0.15) is 0 Å². The summed E-state index contributed by atoms with van der Waals surface area (Å²) in [5.41, 5.74) is 5.80. The van der Waals surface area contributed by atoms with Crippen molar-refractivity contribution in [1.82, 2.24) is 10.2 Å². The number of nitrogens with one attached hydrogen (secondary N) is 1. The van der Waals surface area contributed by atoms with E-state index in [2.05, 4.69) is 24.1 Å². The van der Waals surface area contributed by atoms with Gasteiger partial charge in [-0.15, -0.1) is 0 Å². The topological polar surface area (TPSA) is 67.6 Å². The Bertz CT molecular complexity index is 271. The lowest BCUT2D eigenvalue weighted by Gasteiger charge is -2.37. The first-order valence-electron chi connectivity index (χ1n) is 7.30. The lowest BCUT2D eigenvalue weighted by Crippen LogP contribution is -2.51. The van der Waals surface area contributed by atoms with E-state index in [9.17, 15) is 4.79 Å². The zero-order chi connectivity index (χ0) is 14.3. The van der Waals surface area contributed by atoms with Crippen LogP contribution in [0.25, 0.3) is 0 Å². The lowest BCUT2D eigenvalue weighted by atomic mass is 9.99. The molecule has 5 nitrogen and oxygen atoms in total. The Morgan fingerprint density at radius 3 is 2.84 bits per heavy atom. The van der Waals surface area contributed by atoms with Crippen LogP contribution in [0, 0.1) is 5.92 Å². The van der Waals surface area contributed by atoms with Crippen molar-refractivity contribution < 1.29 is 9.53 Å². The van der Waals surface area contributed by atoms with Crippen LogP contribution >= 0.6 is 0 Å². The number of nitrogens with zero attached hydrogens (tertiary/aromatic N) is 1. The monoisotopic (exact) mass is 271 g/mol. The number of rotatable bonds is 7. The SMILES string of the molecule is COC1CCN(CC(=O)NCCC(C)C)C(CN)C1. The third-order valence-corrected chi connectivity index (χ3v) is 3.79. The first-order valence-corrected chi connectivity index (χ1v) is 7.30. The third-order valence-electron chi connectivity index (χ3n) is 3.79. The molecule has 1 rings (SSSR count). The number of ether oxygens (including phenoxy) is 1. The maximum absolute atomic E-state index is 11.9. The van der Waals surface area contributed by atoms with Gasteiger partial charge in [-0.05, 0) is 25.2 Å². The van der Waals surface area contributed by atoms with E-state index >= 15 is 0 Å². The Hall–Kier alpha value is -0.650. The highest BCUT2D eigenvalue weighted by atomic mass is 16.5. The molecule has 2 unspecified atom stereocenters. The normalized spacial score (nSPS) is 24.7. The maximum Gasteiger partial charge on any atom is 0.234 e. The van der Waals surface area contributed by atoms with E-state index in [-0.39, 0.29) is 18.1 Å². The van der Waals surface area contributed by atoms with Crippen molar-refractivity contribution in [1.29, 1.82) is 0 Å². The second-order valence-corrected chi connectivity index (χ2v) is 5.77. The van der Waals surface area contributed by atoms with Gasteiger partial charge in [0.25, 0.3) is 0 Å². The van der Waals surface area contributed by atoms with Gasteiger partial charge in [-0.25, -0.2) is 0 Å². The number of nitrogens with two attached hydrogens (primary N) is 1. The second-order valence-electron chi connectivity index (χ2n) is 5.77. The molecule has 0 radical (unpaired) electrons. The summed E-state index contributed by atoms with van der Waals surface area (Å²) in [5, 5.41) is 2.98. The Morgan fingerprint density at radius 1 is 1.53 bits per heavy atom. The van der Waals surface area contributed by atoms with Crippen LogP contribution in [0.4, 0.5) is 0 Å². The lowest BCUT2D eigenvalue weighted by molar-refractivity contribution is -0.123. The number of methoxy groups -OCH3 is 1. The predicted octanol–water partition coefficient (Wildman–Crippen LogP) is 0.587. The molecule has 5 heteroatoms. The highest BCUT2D eigenvalue weighted by Gasteiger charge is 2.28. The quantitative estimate of drug-likeness (QED) is 0.711. The fourth-order valence-electron chi connectivity index (χ4n) is 2.47. The molecule has 1 aliphatic heterocycles. The summed E-state index contributed by atoms with van der Waals surface area (Å²) < 4.78 is 5.38. The fraction of sp³-hybridized carbons (Fsp3) is 0.929. The molecule has 0 aromatic carbocycles. The molecule has 2 atom stereocenters. The molecule has 3 N–H and O–H groups in total. The zero-order valence-corrected chi connectivity index (χ0v) is 12.5. The van der Waals surface area contributed by atoms with E-state index in [1.807, 2.05) is 0 Å². The molecule has 0 aromatic heterocycles. The molecule has 0 spiro atoms. The average Bonchev–Trinajstić information content (AvgIpc) is 2.38. The van der Waals surface area contributed by atoms with Gasteiger partial charge < -0.3 is 15.8 Å². The fourth-order valence-corrected chi connectivity index (χ4v) is 2.47. The molecule has 1 heterocycles. The van der Waals surface area contributed by atoms with Crippen molar-refractivity contribution in [3.63, 3.8) is 0 Å². The van der Waals surface area contributed by atoms with Crippen LogP contribution in [0.1, 0.15) is 33.1 Å². The third kappa shape index (κ3) is 5.89.